The lowest BCUT2D eigenvalue weighted by Crippen LogP contribution is -2.13. The number of rotatable bonds is 3. The lowest BCUT2D eigenvalue weighted by molar-refractivity contribution is 0.0678. The van der Waals surface area contributed by atoms with Crippen LogP contribution < -0.4 is 0 Å². The van der Waals surface area contributed by atoms with Gasteiger partial charge < -0.3 is 9.64 Å². The van der Waals surface area contributed by atoms with E-state index in [1.807, 2.05) is 34.9 Å². The molecule has 2 atom stereocenters. The molecule has 2 unspecified atom stereocenters. The monoisotopic (exact) mass is 386 g/mol. The molecule has 0 aliphatic carbocycles. The normalized spacial score (nSPS) is 22.4. The molecule has 0 bridgehead atoms. The van der Waals surface area contributed by atoms with Crippen molar-refractivity contribution in [3.8, 4) is 0 Å². The number of ether oxygens (including phenoxy) is 1. The number of carbonyl (C=O) groups excluding carboxylic acids is 1. The molecule has 0 N–H and O–H groups in total. The highest BCUT2D eigenvalue weighted by Crippen LogP contribution is 2.36. The van der Waals surface area contributed by atoms with E-state index in [1.54, 1.807) is 0 Å². The predicted molar refractivity (Wildman–Crippen MR) is 115 cm³/mol. The number of hydrogen-bond acceptors (Lipinski definition) is 3. The van der Waals surface area contributed by atoms with Crippen molar-refractivity contribution in [2.24, 2.45) is 0 Å². The van der Waals surface area contributed by atoms with Crippen LogP contribution in [0.15, 0.2) is 66.9 Å². The SMILES string of the molecule is CN1CCC(c2cn(C(=O)c3ccccc3)c3ccc(C4CC=CCO4)cc23)C1. The molecule has 1 fully saturated rings. The molecule has 3 heterocycles. The van der Waals surface area contributed by atoms with E-state index in [4.69, 9.17) is 4.74 Å². The van der Waals surface area contributed by atoms with E-state index < -0.39 is 0 Å². The van der Waals surface area contributed by atoms with Gasteiger partial charge in [0.05, 0.1) is 18.2 Å². The minimum Gasteiger partial charge on any atom is -0.369 e. The van der Waals surface area contributed by atoms with Crippen LogP contribution in [-0.2, 0) is 4.74 Å². The van der Waals surface area contributed by atoms with Crippen LogP contribution >= 0.6 is 0 Å². The van der Waals surface area contributed by atoms with E-state index in [0.717, 1.165) is 31.4 Å². The number of carbonyl (C=O) groups is 1. The largest absolute Gasteiger partial charge is 0.369 e. The molecule has 1 aromatic heterocycles. The molecule has 2 aliphatic rings. The summed E-state index contributed by atoms with van der Waals surface area (Å²) < 4.78 is 7.79. The average Bonchev–Trinajstić information content (AvgIpc) is 3.37. The highest BCUT2D eigenvalue weighted by molar-refractivity contribution is 6.03. The molecule has 2 aromatic carbocycles. The first-order valence-electron chi connectivity index (χ1n) is 10.4. The van der Waals surface area contributed by atoms with Crippen LogP contribution in [0.4, 0.5) is 0 Å². The zero-order valence-corrected chi connectivity index (χ0v) is 16.8. The smallest absolute Gasteiger partial charge is 0.262 e. The van der Waals surface area contributed by atoms with E-state index in [9.17, 15) is 4.79 Å². The molecular weight excluding hydrogens is 360 g/mol. The summed E-state index contributed by atoms with van der Waals surface area (Å²) >= 11 is 0. The number of hydrogen-bond donors (Lipinski definition) is 0. The van der Waals surface area contributed by atoms with E-state index in [2.05, 4.69) is 48.5 Å². The second-order valence-electron chi connectivity index (χ2n) is 8.18. The molecule has 1 saturated heterocycles. The Morgan fingerprint density at radius 2 is 1.97 bits per heavy atom. The molecule has 4 heteroatoms. The number of likely N-dealkylation sites (N-methyl/N-ethyl adjacent to an activating group) is 1. The van der Waals surface area contributed by atoms with Gasteiger partial charge in [-0.1, -0.05) is 36.4 Å². The van der Waals surface area contributed by atoms with Gasteiger partial charge in [-0.15, -0.1) is 0 Å². The predicted octanol–water partition coefficient (Wildman–Crippen LogP) is 4.77. The Morgan fingerprint density at radius 1 is 1.10 bits per heavy atom. The van der Waals surface area contributed by atoms with E-state index >= 15 is 0 Å². The van der Waals surface area contributed by atoms with Crippen molar-refractivity contribution in [1.82, 2.24) is 9.47 Å². The van der Waals surface area contributed by atoms with Crippen LogP contribution in [0.5, 0.6) is 0 Å². The van der Waals surface area contributed by atoms with Gasteiger partial charge in [0.1, 0.15) is 0 Å². The van der Waals surface area contributed by atoms with Gasteiger partial charge in [-0.05, 0) is 67.7 Å². The zero-order valence-electron chi connectivity index (χ0n) is 16.8. The third-order valence-corrected chi connectivity index (χ3v) is 6.21. The van der Waals surface area contributed by atoms with Gasteiger partial charge in [0.25, 0.3) is 5.91 Å². The maximum Gasteiger partial charge on any atom is 0.262 e. The fraction of sp³-hybridized carbons (Fsp3) is 0.320. The van der Waals surface area contributed by atoms with Gasteiger partial charge in [0.15, 0.2) is 0 Å². The average molecular weight is 386 g/mol. The Bertz CT molecular complexity index is 1070. The Balaban J connectivity index is 1.62. The number of nitrogens with zero attached hydrogens (tertiary/aromatic N) is 2. The number of aromatic nitrogens is 1. The first kappa shape index (κ1) is 18.3. The molecule has 148 valence electrons. The standard InChI is InChI=1S/C25H26N2O2/c1-26-13-12-20(16-26)22-17-27(25(28)18-7-3-2-4-8-18)23-11-10-19(15-21(22)23)24-9-5-6-14-29-24/h2-8,10-11,15,17,20,24H,9,12-14,16H2,1H3. The molecule has 0 radical (unpaired) electrons. The molecule has 0 amide bonds. The van der Waals surface area contributed by atoms with E-state index in [1.165, 1.54) is 16.5 Å². The summed E-state index contributed by atoms with van der Waals surface area (Å²) in [7, 11) is 2.17. The molecule has 0 spiro atoms. The highest BCUT2D eigenvalue weighted by atomic mass is 16.5. The van der Waals surface area contributed by atoms with Gasteiger partial charge in [0, 0.05) is 23.7 Å². The fourth-order valence-corrected chi connectivity index (χ4v) is 4.64. The third kappa shape index (κ3) is 3.43. The van der Waals surface area contributed by atoms with Crippen LogP contribution in [0.2, 0.25) is 0 Å². The summed E-state index contributed by atoms with van der Waals surface area (Å²) in [6.45, 7) is 2.79. The zero-order chi connectivity index (χ0) is 19.8. The molecule has 5 rings (SSSR count). The van der Waals surface area contributed by atoms with Crippen molar-refractivity contribution in [3.63, 3.8) is 0 Å². The molecule has 2 aliphatic heterocycles. The topological polar surface area (TPSA) is 34.5 Å². The van der Waals surface area contributed by atoms with Gasteiger partial charge in [-0.3, -0.25) is 9.36 Å². The Morgan fingerprint density at radius 3 is 2.69 bits per heavy atom. The fourth-order valence-electron chi connectivity index (χ4n) is 4.64. The van der Waals surface area contributed by atoms with Crippen LogP contribution in [0.1, 0.15) is 46.3 Å². The third-order valence-electron chi connectivity index (χ3n) is 6.21. The quantitative estimate of drug-likeness (QED) is 0.609. The molecular formula is C25H26N2O2. The first-order chi connectivity index (χ1) is 14.2. The van der Waals surface area contributed by atoms with Crippen molar-refractivity contribution in [2.45, 2.75) is 24.9 Å². The highest BCUT2D eigenvalue weighted by Gasteiger charge is 2.27. The van der Waals surface area contributed by atoms with Crippen molar-refractivity contribution < 1.29 is 9.53 Å². The Hall–Kier alpha value is -2.69. The Kier molecular flexibility index (Phi) is 4.82. The second-order valence-corrected chi connectivity index (χ2v) is 8.18. The lowest BCUT2D eigenvalue weighted by atomic mass is 9.95. The van der Waals surface area contributed by atoms with Crippen LogP contribution in [0.3, 0.4) is 0 Å². The van der Waals surface area contributed by atoms with Gasteiger partial charge >= 0.3 is 0 Å². The molecule has 0 saturated carbocycles. The van der Waals surface area contributed by atoms with Crippen LogP contribution in [-0.4, -0.2) is 42.1 Å². The molecule has 29 heavy (non-hydrogen) atoms. The van der Waals surface area contributed by atoms with Gasteiger partial charge in [0.2, 0.25) is 0 Å². The van der Waals surface area contributed by atoms with Crippen molar-refractivity contribution in [3.05, 3.63) is 83.6 Å². The summed E-state index contributed by atoms with van der Waals surface area (Å²) in [6.07, 6.45) is 8.46. The van der Waals surface area contributed by atoms with Crippen molar-refractivity contribution in [1.29, 1.82) is 0 Å². The van der Waals surface area contributed by atoms with Gasteiger partial charge in [-0.25, -0.2) is 0 Å². The Labute approximate surface area is 171 Å². The number of fused-ring (bicyclic) bond motifs is 1. The van der Waals surface area contributed by atoms with Crippen LogP contribution in [0.25, 0.3) is 10.9 Å². The maximum atomic E-state index is 13.3. The number of likely N-dealkylation sites (tertiary alicyclic amines) is 1. The summed E-state index contributed by atoms with van der Waals surface area (Å²) in [4.78, 5) is 15.6. The van der Waals surface area contributed by atoms with E-state index in [0.29, 0.717) is 18.1 Å². The second kappa shape index (κ2) is 7.62. The summed E-state index contributed by atoms with van der Waals surface area (Å²) in [6, 6.07) is 16.0. The van der Waals surface area contributed by atoms with E-state index in [-0.39, 0.29) is 12.0 Å². The minimum absolute atomic E-state index is 0.0257. The summed E-state index contributed by atoms with van der Waals surface area (Å²) in [5.41, 5.74) is 4.17. The van der Waals surface area contributed by atoms with Crippen molar-refractivity contribution in [2.75, 3.05) is 26.7 Å². The van der Waals surface area contributed by atoms with Crippen LogP contribution in [0, 0.1) is 0 Å². The van der Waals surface area contributed by atoms with Gasteiger partial charge in [-0.2, -0.15) is 0 Å². The molecule has 3 aromatic rings. The number of benzene rings is 2. The minimum atomic E-state index is 0.0257. The summed E-state index contributed by atoms with van der Waals surface area (Å²) in [5, 5.41) is 1.19. The lowest BCUT2D eigenvalue weighted by Gasteiger charge is -2.19. The maximum absolute atomic E-state index is 13.3. The van der Waals surface area contributed by atoms with Crippen molar-refractivity contribution >= 4 is 16.8 Å². The first-order valence-corrected chi connectivity index (χ1v) is 10.4. The molecule has 4 nitrogen and oxygen atoms in total. The summed E-state index contributed by atoms with van der Waals surface area (Å²) in [5.74, 6) is 0.479.